The molecule has 2 aromatic rings. The number of phenols is 1. The molecule has 0 radical (unpaired) electrons. The van der Waals surface area contributed by atoms with Crippen molar-refractivity contribution in [2.45, 2.75) is 4.90 Å². The number of fused-ring (bicyclic) bond motifs is 1. The largest absolute Gasteiger partial charge is 0.506 e. The highest BCUT2D eigenvalue weighted by molar-refractivity contribution is 7.86. The van der Waals surface area contributed by atoms with E-state index in [0.29, 0.717) is 10.9 Å². The third-order valence-electron chi connectivity index (χ3n) is 1.80. The molecule has 0 fully saturated rings. The first kappa shape index (κ1) is 8.97. The Bertz CT molecular complexity index is 587. The third-order valence-corrected chi connectivity index (χ3v) is 2.68. The van der Waals surface area contributed by atoms with Crippen LogP contribution in [-0.4, -0.2) is 28.3 Å². The van der Waals surface area contributed by atoms with Crippen molar-refractivity contribution in [2.75, 3.05) is 0 Å². The molecule has 14 heavy (non-hydrogen) atoms. The maximum atomic E-state index is 10.8. The Morgan fingerprint density at radius 1 is 1.36 bits per heavy atom. The van der Waals surface area contributed by atoms with E-state index in [1.165, 1.54) is 12.3 Å². The molecule has 1 heterocycles. The van der Waals surface area contributed by atoms with E-state index in [9.17, 15) is 13.5 Å². The number of hydrogen-bond donors (Lipinski definition) is 3. The first-order chi connectivity index (χ1) is 6.48. The highest BCUT2D eigenvalue weighted by Gasteiger charge is 2.16. The number of H-pyrrole nitrogens is 1. The van der Waals surface area contributed by atoms with Crippen molar-refractivity contribution < 1.29 is 18.1 Å². The van der Waals surface area contributed by atoms with Gasteiger partial charge in [-0.05, 0) is 6.07 Å². The van der Waals surface area contributed by atoms with Crippen molar-refractivity contribution in [3.05, 3.63) is 18.3 Å². The summed E-state index contributed by atoms with van der Waals surface area (Å²) >= 11 is 0. The summed E-state index contributed by atoms with van der Waals surface area (Å²) in [5.41, 5.74) is 0.495. The molecule has 74 valence electrons. The second-order valence-corrected chi connectivity index (χ2v) is 4.14. The van der Waals surface area contributed by atoms with Gasteiger partial charge in [-0.1, -0.05) is 0 Å². The molecule has 1 aromatic heterocycles. The van der Waals surface area contributed by atoms with Gasteiger partial charge in [0.25, 0.3) is 10.1 Å². The molecular weight excluding hydrogens is 208 g/mol. The molecule has 0 bridgehead atoms. The van der Waals surface area contributed by atoms with Gasteiger partial charge in [0.2, 0.25) is 0 Å². The predicted octanol–water partition coefficient (Wildman–Crippen LogP) is 0.515. The number of phenolic OH excluding ortho intramolecular Hbond substituents is 1. The Morgan fingerprint density at radius 2 is 2.07 bits per heavy atom. The van der Waals surface area contributed by atoms with E-state index < -0.39 is 20.8 Å². The van der Waals surface area contributed by atoms with Crippen LogP contribution in [0.25, 0.3) is 10.9 Å². The molecule has 0 aliphatic heterocycles. The van der Waals surface area contributed by atoms with Gasteiger partial charge in [0.05, 0.1) is 11.7 Å². The van der Waals surface area contributed by atoms with Gasteiger partial charge in [0.15, 0.2) is 0 Å². The first-order valence-electron chi connectivity index (χ1n) is 3.62. The fourth-order valence-electron chi connectivity index (χ4n) is 1.17. The average Bonchev–Trinajstić information content (AvgIpc) is 2.47. The maximum absolute atomic E-state index is 10.8. The lowest BCUT2D eigenvalue weighted by atomic mass is 10.2. The van der Waals surface area contributed by atoms with Crippen LogP contribution in [0.3, 0.4) is 0 Å². The van der Waals surface area contributed by atoms with Crippen LogP contribution < -0.4 is 0 Å². The zero-order chi connectivity index (χ0) is 10.3. The minimum atomic E-state index is -4.39. The van der Waals surface area contributed by atoms with Gasteiger partial charge in [-0.2, -0.15) is 13.5 Å². The zero-order valence-corrected chi connectivity index (χ0v) is 7.61. The quantitative estimate of drug-likeness (QED) is 0.600. The van der Waals surface area contributed by atoms with Crippen molar-refractivity contribution in [1.29, 1.82) is 0 Å². The highest BCUT2D eigenvalue weighted by atomic mass is 32.2. The molecular formula is C7H6N2O4S. The molecule has 0 saturated heterocycles. The smallest absolute Gasteiger partial charge is 0.298 e. The number of hydrogen-bond acceptors (Lipinski definition) is 4. The molecule has 0 atom stereocenters. The molecule has 0 aliphatic carbocycles. The van der Waals surface area contributed by atoms with Crippen LogP contribution in [0.5, 0.6) is 5.75 Å². The number of rotatable bonds is 1. The minimum absolute atomic E-state index is 0.495. The second-order valence-electron chi connectivity index (χ2n) is 2.75. The SMILES string of the molecule is O=S(=O)(O)c1cc2cn[nH]c2cc1O. The fourth-order valence-corrected chi connectivity index (χ4v) is 1.76. The Kier molecular flexibility index (Phi) is 1.73. The van der Waals surface area contributed by atoms with Crippen molar-refractivity contribution in [1.82, 2.24) is 10.2 Å². The maximum Gasteiger partial charge on any atom is 0.298 e. The van der Waals surface area contributed by atoms with E-state index >= 15 is 0 Å². The van der Waals surface area contributed by atoms with Gasteiger partial charge in [-0.15, -0.1) is 0 Å². The summed E-state index contributed by atoms with van der Waals surface area (Å²) in [6.45, 7) is 0. The number of nitrogens with one attached hydrogen (secondary N) is 1. The Morgan fingerprint density at radius 3 is 2.71 bits per heavy atom. The Labute approximate surface area is 78.9 Å². The molecule has 2 rings (SSSR count). The predicted molar refractivity (Wildman–Crippen MR) is 47.6 cm³/mol. The summed E-state index contributed by atoms with van der Waals surface area (Å²) in [6.07, 6.45) is 1.39. The number of aromatic hydroxyl groups is 1. The van der Waals surface area contributed by atoms with Crippen LogP contribution in [-0.2, 0) is 10.1 Å². The summed E-state index contributed by atoms with van der Waals surface area (Å²) in [5, 5.41) is 16.0. The Balaban J connectivity index is 2.84. The number of aromatic amines is 1. The lowest BCUT2D eigenvalue weighted by Gasteiger charge is -2.00. The van der Waals surface area contributed by atoms with E-state index in [1.807, 2.05) is 0 Å². The molecule has 0 aliphatic rings. The normalized spacial score (nSPS) is 12.1. The van der Waals surface area contributed by atoms with Gasteiger partial charge < -0.3 is 5.11 Å². The molecule has 0 amide bonds. The molecule has 1 aromatic carbocycles. The molecule has 6 nitrogen and oxygen atoms in total. The molecule has 0 spiro atoms. The third kappa shape index (κ3) is 1.32. The van der Waals surface area contributed by atoms with Crippen LogP contribution in [0.2, 0.25) is 0 Å². The summed E-state index contributed by atoms with van der Waals surface area (Å²) in [7, 11) is -4.39. The van der Waals surface area contributed by atoms with E-state index in [2.05, 4.69) is 10.2 Å². The van der Waals surface area contributed by atoms with Crippen molar-refractivity contribution >= 4 is 21.0 Å². The lowest BCUT2D eigenvalue weighted by molar-refractivity contribution is 0.444. The number of nitrogens with zero attached hydrogens (tertiary/aromatic N) is 1. The van der Waals surface area contributed by atoms with E-state index in [-0.39, 0.29) is 0 Å². The highest BCUT2D eigenvalue weighted by Crippen LogP contribution is 2.26. The number of benzene rings is 1. The van der Waals surface area contributed by atoms with Crippen molar-refractivity contribution in [3.8, 4) is 5.75 Å². The zero-order valence-electron chi connectivity index (χ0n) is 6.80. The van der Waals surface area contributed by atoms with Gasteiger partial charge in [0, 0.05) is 11.5 Å². The first-order valence-corrected chi connectivity index (χ1v) is 5.06. The van der Waals surface area contributed by atoms with Gasteiger partial charge >= 0.3 is 0 Å². The van der Waals surface area contributed by atoms with E-state index in [1.54, 1.807) is 0 Å². The fraction of sp³-hybridized carbons (Fsp3) is 0. The van der Waals surface area contributed by atoms with Crippen molar-refractivity contribution in [2.24, 2.45) is 0 Å². The molecule has 0 unspecified atom stereocenters. The second kappa shape index (κ2) is 2.69. The van der Waals surface area contributed by atoms with Gasteiger partial charge in [-0.25, -0.2) is 0 Å². The van der Waals surface area contributed by atoms with Crippen LogP contribution in [0.1, 0.15) is 0 Å². The van der Waals surface area contributed by atoms with Crippen LogP contribution in [0.4, 0.5) is 0 Å². The summed E-state index contributed by atoms with van der Waals surface area (Å²) in [5.74, 6) is -0.510. The van der Waals surface area contributed by atoms with E-state index in [0.717, 1.165) is 6.07 Å². The van der Waals surface area contributed by atoms with E-state index in [4.69, 9.17) is 4.55 Å². The molecule has 7 heteroatoms. The minimum Gasteiger partial charge on any atom is -0.506 e. The van der Waals surface area contributed by atoms with Gasteiger partial charge in [0.1, 0.15) is 10.6 Å². The lowest BCUT2D eigenvalue weighted by Crippen LogP contribution is -1.98. The topological polar surface area (TPSA) is 103 Å². The standard InChI is InChI=1S/C7H6N2O4S/c10-6-2-5-4(3-8-9-5)1-7(6)14(11,12)13/h1-3,10H,(H,8,9)(H,11,12,13). The van der Waals surface area contributed by atoms with Crippen LogP contribution >= 0.6 is 0 Å². The molecule has 3 N–H and O–H groups in total. The summed E-state index contributed by atoms with van der Waals surface area (Å²) in [6, 6.07) is 2.33. The summed E-state index contributed by atoms with van der Waals surface area (Å²) < 4.78 is 30.3. The average molecular weight is 214 g/mol. The monoisotopic (exact) mass is 214 g/mol. The van der Waals surface area contributed by atoms with Crippen molar-refractivity contribution in [3.63, 3.8) is 0 Å². The van der Waals surface area contributed by atoms with Crippen LogP contribution in [0, 0.1) is 0 Å². The summed E-state index contributed by atoms with van der Waals surface area (Å²) in [4.78, 5) is -0.522. The molecule has 0 saturated carbocycles. The van der Waals surface area contributed by atoms with Gasteiger partial charge in [-0.3, -0.25) is 9.65 Å². The van der Waals surface area contributed by atoms with Crippen LogP contribution in [0.15, 0.2) is 23.2 Å². The Hall–Kier alpha value is -1.60. The number of aromatic nitrogens is 2.